The zero-order valence-electron chi connectivity index (χ0n) is 15.6. The third-order valence-corrected chi connectivity index (χ3v) is 5.92. The van der Waals surface area contributed by atoms with Crippen LogP contribution in [0, 0.1) is 10.5 Å². The molecule has 2 saturated heterocycles. The molecular weight excluding hydrogens is 453 g/mol. The molecule has 0 bridgehead atoms. The Morgan fingerprint density at radius 1 is 0.926 bits per heavy atom. The van der Waals surface area contributed by atoms with E-state index in [1.54, 1.807) is 0 Å². The summed E-state index contributed by atoms with van der Waals surface area (Å²) in [4.78, 5) is 28.6. The largest absolute Gasteiger partial charge is 0.353 e. The zero-order valence-corrected chi connectivity index (χ0v) is 17.7. The minimum Gasteiger partial charge on any atom is -0.353 e. The second-order valence-electron chi connectivity index (χ2n) is 7.15. The van der Waals surface area contributed by atoms with Gasteiger partial charge in [-0.05, 0) is 66.6 Å². The van der Waals surface area contributed by atoms with E-state index in [0.717, 1.165) is 52.8 Å². The molecule has 7 heteroatoms. The zero-order chi connectivity index (χ0) is 18.8. The summed E-state index contributed by atoms with van der Waals surface area (Å²) < 4.78 is 1.14. The van der Waals surface area contributed by atoms with Crippen LogP contribution in [0.15, 0.2) is 30.3 Å². The maximum Gasteiger partial charge on any atom is 0.253 e. The average Bonchev–Trinajstić information content (AvgIpc) is 3.23. The van der Waals surface area contributed by atoms with E-state index in [4.69, 9.17) is 4.98 Å². The maximum atomic E-state index is 12.7. The van der Waals surface area contributed by atoms with E-state index in [2.05, 4.69) is 43.4 Å². The molecule has 1 amide bonds. The van der Waals surface area contributed by atoms with Gasteiger partial charge in [-0.15, -0.1) is 0 Å². The van der Waals surface area contributed by atoms with Crippen molar-refractivity contribution in [3.8, 4) is 0 Å². The molecule has 0 aliphatic carbocycles. The molecule has 2 aliphatic rings. The van der Waals surface area contributed by atoms with E-state index in [1.165, 1.54) is 12.8 Å². The number of aromatic nitrogens is 2. The third-order valence-electron chi connectivity index (χ3n) is 5.20. The topological polar surface area (TPSA) is 52.6 Å². The lowest BCUT2D eigenvalue weighted by molar-refractivity contribution is 0.0746. The molecule has 6 nitrogen and oxygen atoms in total. The quantitative estimate of drug-likeness (QED) is 0.637. The van der Waals surface area contributed by atoms with E-state index < -0.39 is 0 Å². The molecular formula is C20H24IN5O. The number of nitrogens with zero attached hydrogens (tertiary/aromatic N) is 5. The SMILES string of the molecule is Cc1cc(N2CCN(C(=O)c3ccc(I)cc3)CC2)nc(N2CCCC2)n1. The van der Waals surface area contributed by atoms with Crippen molar-refractivity contribution >= 4 is 40.3 Å². The fourth-order valence-corrected chi connectivity index (χ4v) is 4.03. The van der Waals surface area contributed by atoms with Crippen LogP contribution < -0.4 is 9.80 Å². The van der Waals surface area contributed by atoms with Crippen LogP contribution in [0.25, 0.3) is 0 Å². The van der Waals surface area contributed by atoms with E-state index in [0.29, 0.717) is 13.1 Å². The summed E-state index contributed by atoms with van der Waals surface area (Å²) in [7, 11) is 0. The van der Waals surface area contributed by atoms with E-state index >= 15 is 0 Å². The van der Waals surface area contributed by atoms with Crippen LogP contribution in [0.5, 0.6) is 0 Å². The third kappa shape index (κ3) is 4.17. The fourth-order valence-electron chi connectivity index (χ4n) is 3.67. The standard InChI is InChI=1S/C20H24IN5O/c1-15-14-18(23-20(22-15)26-8-2-3-9-26)24-10-12-25(13-11-24)19(27)16-4-6-17(21)7-5-16/h4-7,14H,2-3,8-13H2,1H3. The lowest BCUT2D eigenvalue weighted by Gasteiger charge is -2.35. The molecule has 0 N–H and O–H groups in total. The highest BCUT2D eigenvalue weighted by molar-refractivity contribution is 14.1. The summed E-state index contributed by atoms with van der Waals surface area (Å²) in [5, 5.41) is 0. The summed E-state index contributed by atoms with van der Waals surface area (Å²) in [5.41, 5.74) is 1.76. The molecule has 0 atom stereocenters. The van der Waals surface area contributed by atoms with E-state index in [9.17, 15) is 4.79 Å². The van der Waals surface area contributed by atoms with Crippen molar-refractivity contribution in [1.82, 2.24) is 14.9 Å². The van der Waals surface area contributed by atoms with Gasteiger partial charge in [0.15, 0.2) is 0 Å². The fraction of sp³-hybridized carbons (Fsp3) is 0.450. The minimum absolute atomic E-state index is 0.114. The van der Waals surface area contributed by atoms with Crippen LogP contribution in [0.2, 0.25) is 0 Å². The predicted octanol–water partition coefficient (Wildman–Crippen LogP) is 2.95. The van der Waals surface area contributed by atoms with Crippen molar-refractivity contribution in [3.63, 3.8) is 0 Å². The maximum absolute atomic E-state index is 12.7. The summed E-state index contributed by atoms with van der Waals surface area (Å²) in [6.45, 7) is 7.14. The Labute approximate surface area is 173 Å². The number of benzene rings is 1. The van der Waals surface area contributed by atoms with Gasteiger partial charge in [0, 0.05) is 60.2 Å². The van der Waals surface area contributed by atoms with E-state index in [1.807, 2.05) is 36.1 Å². The lowest BCUT2D eigenvalue weighted by Crippen LogP contribution is -2.49. The Morgan fingerprint density at radius 2 is 1.59 bits per heavy atom. The number of rotatable bonds is 3. The minimum atomic E-state index is 0.114. The van der Waals surface area contributed by atoms with Gasteiger partial charge in [0.2, 0.25) is 5.95 Å². The summed E-state index contributed by atoms with van der Waals surface area (Å²) >= 11 is 2.26. The first-order valence-electron chi connectivity index (χ1n) is 9.50. The number of carbonyl (C=O) groups excluding carboxylic acids is 1. The van der Waals surface area contributed by atoms with Gasteiger partial charge in [-0.3, -0.25) is 4.79 Å². The molecule has 1 aromatic heterocycles. The molecule has 0 spiro atoms. The molecule has 4 rings (SSSR count). The lowest BCUT2D eigenvalue weighted by atomic mass is 10.2. The second kappa shape index (κ2) is 8.00. The smallest absolute Gasteiger partial charge is 0.253 e. The number of amides is 1. The van der Waals surface area contributed by atoms with Crippen molar-refractivity contribution in [2.75, 3.05) is 49.1 Å². The van der Waals surface area contributed by atoms with Crippen molar-refractivity contribution in [1.29, 1.82) is 0 Å². The Balaban J connectivity index is 1.43. The first-order valence-corrected chi connectivity index (χ1v) is 10.6. The first kappa shape index (κ1) is 18.5. The second-order valence-corrected chi connectivity index (χ2v) is 8.39. The summed E-state index contributed by atoms with van der Waals surface area (Å²) in [6.07, 6.45) is 2.43. The number of piperazine rings is 1. The van der Waals surface area contributed by atoms with Gasteiger partial charge in [0.05, 0.1) is 0 Å². The van der Waals surface area contributed by atoms with Gasteiger partial charge >= 0.3 is 0 Å². The number of halogens is 1. The van der Waals surface area contributed by atoms with Gasteiger partial charge < -0.3 is 14.7 Å². The molecule has 2 fully saturated rings. The van der Waals surface area contributed by atoms with Crippen molar-refractivity contribution in [3.05, 3.63) is 45.2 Å². The predicted molar refractivity (Wildman–Crippen MR) is 115 cm³/mol. The molecule has 3 heterocycles. The summed E-state index contributed by atoms with van der Waals surface area (Å²) in [6, 6.07) is 9.83. The number of carbonyl (C=O) groups is 1. The van der Waals surface area contributed by atoms with Crippen LogP contribution in [0.4, 0.5) is 11.8 Å². The van der Waals surface area contributed by atoms with Crippen LogP contribution in [-0.2, 0) is 0 Å². The van der Waals surface area contributed by atoms with Crippen LogP contribution >= 0.6 is 22.6 Å². The van der Waals surface area contributed by atoms with Crippen molar-refractivity contribution in [2.24, 2.45) is 0 Å². The number of hydrogen-bond acceptors (Lipinski definition) is 5. The monoisotopic (exact) mass is 477 g/mol. The van der Waals surface area contributed by atoms with Crippen LogP contribution in [0.1, 0.15) is 28.9 Å². The average molecular weight is 477 g/mol. The van der Waals surface area contributed by atoms with Crippen molar-refractivity contribution < 1.29 is 4.79 Å². The molecule has 1 aromatic carbocycles. The summed E-state index contributed by atoms with van der Waals surface area (Å²) in [5.74, 6) is 1.94. The Bertz CT molecular complexity index is 812. The van der Waals surface area contributed by atoms with Crippen LogP contribution in [-0.4, -0.2) is 60.0 Å². The van der Waals surface area contributed by atoms with Gasteiger partial charge in [-0.2, -0.15) is 4.98 Å². The van der Waals surface area contributed by atoms with Crippen molar-refractivity contribution in [2.45, 2.75) is 19.8 Å². The molecule has 0 unspecified atom stereocenters. The van der Waals surface area contributed by atoms with Gasteiger partial charge in [-0.1, -0.05) is 0 Å². The Kier molecular flexibility index (Phi) is 5.47. The van der Waals surface area contributed by atoms with Crippen LogP contribution in [0.3, 0.4) is 0 Å². The number of anilines is 2. The highest BCUT2D eigenvalue weighted by atomic mass is 127. The number of aryl methyl sites for hydroxylation is 1. The molecule has 2 aliphatic heterocycles. The normalized spacial score (nSPS) is 17.5. The Hall–Kier alpha value is -1.90. The molecule has 0 saturated carbocycles. The molecule has 27 heavy (non-hydrogen) atoms. The molecule has 2 aromatic rings. The highest BCUT2D eigenvalue weighted by Gasteiger charge is 2.24. The highest BCUT2D eigenvalue weighted by Crippen LogP contribution is 2.22. The van der Waals surface area contributed by atoms with Gasteiger partial charge in [0.25, 0.3) is 5.91 Å². The first-order chi connectivity index (χ1) is 13.1. The molecule has 142 valence electrons. The number of hydrogen-bond donors (Lipinski definition) is 0. The van der Waals surface area contributed by atoms with Gasteiger partial charge in [-0.25, -0.2) is 4.98 Å². The molecule has 0 radical (unpaired) electrons. The Morgan fingerprint density at radius 3 is 2.26 bits per heavy atom. The van der Waals surface area contributed by atoms with E-state index in [-0.39, 0.29) is 5.91 Å². The van der Waals surface area contributed by atoms with Gasteiger partial charge in [0.1, 0.15) is 5.82 Å².